The lowest BCUT2D eigenvalue weighted by molar-refractivity contribution is -0.127. The van der Waals surface area contributed by atoms with Crippen LogP contribution in [0.2, 0.25) is 0 Å². The van der Waals surface area contributed by atoms with Crippen molar-refractivity contribution < 1.29 is 9.59 Å². The Kier molecular flexibility index (Phi) is 6.03. The number of hydrogen-bond donors (Lipinski definition) is 1. The van der Waals surface area contributed by atoms with Gasteiger partial charge in [0.15, 0.2) is 5.69 Å². The van der Waals surface area contributed by atoms with E-state index in [1.807, 2.05) is 55.8 Å². The molecule has 3 aromatic rings. The molecule has 3 heterocycles. The molecule has 142 valence electrons. The van der Waals surface area contributed by atoms with Gasteiger partial charge >= 0.3 is 0 Å². The first-order chi connectivity index (χ1) is 12.8. The Balaban J connectivity index is 2.01. The Morgan fingerprint density at radius 3 is 2.48 bits per heavy atom. The van der Waals surface area contributed by atoms with Gasteiger partial charge < -0.3 is 10.2 Å². The second kappa shape index (κ2) is 8.28. The maximum absolute atomic E-state index is 13.2. The van der Waals surface area contributed by atoms with Gasteiger partial charge in [0.25, 0.3) is 5.91 Å². The molecular formula is C18H20N4O2S3. The zero-order valence-electron chi connectivity index (χ0n) is 15.2. The smallest absolute Gasteiger partial charge is 0.276 e. The predicted molar refractivity (Wildman–Crippen MR) is 109 cm³/mol. The summed E-state index contributed by atoms with van der Waals surface area (Å²) in [6, 6.07) is 6.92. The minimum atomic E-state index is -0.736. The van der Waals surface area contributed by atoms with E-state index in [2.05, 4.69) is 14.9 Å². The molecule has 0 aliphatic rings. The summed E-state index contributed by atoms with van der Waals surface area (Å²) in [7, 11) is 0. The summed E-state index contributed by atoms with van der Waals surface area (Å²) in [6.45, 7) is 6.10. The third kappa shape index (κ3) is 5.00. The lowest BCUT2D eigenvalue weighted by atomic mass is 10.1. The minimum Gasteiger partial charge on any atom is -0.349 e. The molecule has 0 saturated carbocycles. The number of hydrogen-bond acceptors (Lipinski definition) is 7. The molecule has 0 aliphatic heterocycles. The fourth-order valence-corrected chi connectivity index (χ4v) is 4.53. The molecule has 9 heteroatoms. The molecule has 27 heavy (non-hydrogen) atoms. The van der Waals surface area contributed by atoms with E-state index in [0.29, 0.717) is 6.54 Å². The van der Waals surface area contributed by atoms with Crippen LogP contribution in [0.25, 0.3) is 0 Å². The number of carbonyl (C=O) groups excluding carboxylic acids is 2. The maximum atomic E-state index is 13.2. The molecule has 0 unspecified atom stereocenters. The third-order valence-electron chi connectivity index (χ3n) is 3.62. The zero-order chi connectivity index (χ0) is 19.4. The Morgan fingerprint density at radius 1 is 1.19 bits per heavy atom. The molecule has 0 radical (unpaired) electrons. The standard InChI is InChI=1S/C18H20N4O2S3/c1-18(2,3)19-16(23)15(14-7-5-9-26-14)22(10-12-6-4-8-25-12)17(24)13-11-27-21-20-13/h4-9,11,15H,10H2,1-3H3,(H,19,23)/t15-/m1/s1. The van der Waals surface area contributed by atoms with Crippen molar-refractivity contribution in [1.29, 1.82) is 0 Å². The molecule has 6 nitrogen and oxygen atoms in total. The number of aromatic nitrogens is 2. The minimum absolute atomic E-state index is 0.210. The average Bonchev–Trinajstić information content (AvgIpc) is 3.34. The third-order valence-corrected chi connectivity index (χ3v) is 5.91. The Morgan fingerprint density at radius 2 is 1.93 bits per heavy atom. The molecule has 3 rings (SSSR count). The van der Waals surface area contributed by atoms with E-state index in [4.69, 9.17) is 0 Å². The number of nitrogens with one attached hydrogen (secondary N) is 1. The molecule has 0 saturated heterocycles. The van der Waals surface area contributed by atoms with Crippen molar-refractivity contribution in [2.24, 2.45) is 0 Å². The van der Waals surface area contributed by atoms with Gasteiger partial charge in [-0.1, -0.05) is 16.6 Å². The van der Waals surface area contributed by atoms with Crippen LogP contribution in [0, 0.1) is 0 Å². The van der Waals surface area contributed by atoms with Gasteiger partial charge in [0.1, 0.15) is 6.04 Å². The first-order valence-corrected chi connectivity index (χ1v) is 10.9. The van der Waals surface area contributed by atoms with Crippen LogP contribution in [0.4, 0.5) is 0 Å². The maximum Gasteiger partial charge on any atom is 0.276 e. The summed E-state index contributed by atoms with van der Waals surface area (Å²) in [5, 5.41) is 12.4. The van der Waals surface area contributed by atoms with Crippen molar-refractivity contribution in [3.8, 4) is 0 Å². The largest absolute Gasteiger partial charge is 0.349 e. The lowest BCUT2D eigenvalue weighted by Gasteiger charge is -2.32. The van der Waals surface area contributed by atoms with E-state index in [1.54, 1.807) is 21.6 Å². The fraction of sp³-hybridized carbons (Fsp3) is 0.333. The molecule has 2 amide bonds. The lowest BCUT2D eigenvalue weighted by Crippen LogP contribution is -2.48. The first kappa shape index (κ1) is 19.7. The summed E-state index contributed by atoms with van der Waals surface area (Å²) in [5.74, 6) is -0.516. The highest BCUT2D eigenvalue weighted by atomic mass is 32.1. The summed E-state index contributed by atoms with van der Waals surface area (Å²) in [6.07, 6.45) is 0. The highest BCUT2D eigenvalue weighted by Gasteiger charge is 2.35. The first-order valence-electron chi connectivity index (χ1n) is 8.31. The topological polar surface area (TPSA) is 75.2 Å². The molecule has 0 aliphatic carbocycles. The predicted octanol–water partition coefficient (Wildman–Crippen LogP) is 3.96. The van der Waals surface area contributed by atoms with E-state index in [1.165, 1.54) is 11.3 Å². The molecule has 1 atom stereocenters. The molecule has 0 fully saturated rings. The van der Waals surface area contributed by atoms with Gasteiger partial charge in [-0.05, 0) is 55.2 Å². The van der Waals surface area contributed by atoms with Gasteiger partial charge in [-0.2, -0.15) is 0 Å². The molecular weight excluding hydrogens is 400 g/mol. The van der Waals surface area contributed by atoms with E-state index in [9.17, 15) is 9.59 Å². The van der Waals surface area contributed by atoms with Crippen LogP contribution in [-0.4, -0.2) is 31.8 Å². The van der Waals surface area contributed by atoms with Gasteiger partial charge in [0, 0.05) is 20.7 Å². The van der Waals surface area contributed by atoms with Gasteiger partial charge in [0.05, 0.1) is 6.54 Å². The van der Waals surface area contributed by atoms with Crippen molar-refractivity contribution in [2.75, 3.05) is 0 Å². The normalized spacial score (nSPS) is 12.6. The van der Waals surface area contributed by atoms with Crippen molar-refractivity contribution in [1.82, 2.24) is 19.8 Å². The number of amides is 2. The van der Waals surface area contributed by atoms with Crippen molar-refractivity contribution in [3.63, 3.8) is 0 Å². The van der Waals surface area contributed by atoms with E-state index < -0.39 is 11.6 Å². The van der Waals surface area contributed by atoms with Crippen molar-refractivity contribution in [2.45, 2.75) is 38.9 Å². The highest BCUT2D eigenvalue weighted by molar-refractivity contribution is 7.10. The van der Waals surface area contributed by atoms with Crippen molar-refractivity contribution in [3.05, 3.63) is 55.9 Å². The van der Waals surface area contributed by atoms with Gasteiger partial charge in [0.2, 0.25) is 5.91 Å². The second-order valence-corrected chi connectivity index (χ2v) is 9.58. The molecule has 0 spiro atoms. The average molecular weight is 421 g/mol. The van der Waals surface area contributed by atoms with Gasteiger partial charge in [-0.3, -0.25) is 9.59 Å². The number of carbonyl (C=O) groups is 2. The molecule has 1 N–H and O–H groups in total. The van der Waals surface area contributed by atoms with E-state index in [-0.39, 0.29) is 17.5 Å². The molecule has 0 bridgehead atoms. The van der Waals surface area contributed by atoms with Crippen LogP contribution in [0.1, 0.15) is 47.1 Å². The fourth-order valence-electron chi connectivity index (χ4n) is 2.56. The van der Waals surface area contributed by atoms with Crippen LogP contribution >= 0.6 is 34.2 Å². The number of nitrogens with zero attached hydrogens (tertiary/aromatic N) is 3. The SMILES string of the molecule is CC(C)(C)NC(=O)[C@@H](c1cccs1)N(Cc1cccs1)C(=O)c1csnn1. The number of thiophene rings is 2. The van der Waals surface area contributed by atoms with Crippen LogP contribution < -0.4 is 5.32 Å². The van der Waals surface area contributed by atoms with Crippen LogP contribution in [-0.2, 0) is 11.3 Å². The highest BCUT2D eigenvalue weighted by Crippen LogP contribution is 2.30. The summed E-state index contributed by atoms with van der Waals surface area (Å²) in [5.41, 5.74) is -0.159. The van der Waals surface area contributed by atoms with Crippen LogP contribution in [0.15, 0.2) is 40.4 Å². The quantitative estimate of drug-likeness (QED) is 0.655. The molecule has 0 aromatic carbocycles. The summed E-state index contributed by atoms with van der Waals surface area (Å²) < 4.78 is 3.80. The van der Waals surface area contributed by atoms with Gasteiger partial charge in [-0.15, -0.1) is 27.8 Å². The van der Waals surface area contributed by atoms with E-state index >= 15 is 0 Å². The number of rotatable bonds is 6. The zero-order valence-corrected chi connectivity index (χ0v) is 17.7. The van der Waals surface area contributed by atoms with Crippen LogP contribution in [0.5, 0.6) is 0 Å². The van der Waals surface area contributed by atoms with E-state index in [0.717, 1.165) is 21.3 Å². The Labute approximate surface area is 170 Å². The monoisotopic (exact) mass is 420 g/mol. The van der Waals surface area contributed by atoms with Crippen LogP contribution in [0.3, 0.4) is 0 Å². The van der Waals surface area contributed by atoms with Crippen molar-refractivity contribution >= 4 is 46.0 Å². The Bertz CT molecular complexity index is 869. The second-order valence-electron chi connectivity index (χ2n) is 6.96. The Hall–Kier alpha value is -2.10. The van der Waals surface area contributed by atoms with Gasteiger partial charge in [-0.25, -0.2) is 0 Å². The molecule has 3 aromatic heterocycles. The summed E-state index contributed by atoms with van der Waals surface area (Å²) in [4.78, 5) is 29.8. The summed E-state index contributed by atoms with van der Waals surface area (Å²) >= 11 is 4.12.